The van der Waals surface area contributed by atoms with Gasteiger partial charge in [0.1, 0.15) is 17.5 Å². The highest BCUT2D eigenvalue weighted by molar-refractivity contribution is 5.51. The first-order chi connectivity index (χ1) is 9.67. The summed E-state index contributed by atoms with van der Waals surface area (Å²) in [4.78, 5) is 12.0. The van der Waals surface area contributed by atoms with Crippen LogP contribution >= 0.6 is 0 Å². The molecule has 4 heteroatoms. The Morgan fingerprint density at radius 3 is 2.70 bits per heavy atom. The lowest BCUT2D eigenvalue weighted by molar-refractivity contribution is 0.388. The molecule has 0 aromatic carbocycles. The van der Waals surface area contributed by atoms with Crippen LogP contribution in [0.3, 0.4) is 0 Å². The molecule has 1 saturated carbocycles. The quantitative estimate of drug-likeness (QED) is 0.913. The van der Waals surface area contributed by atoms with Gasteiger partial charge in [-0.15, -0.1) is 0 Å². The summed E-state index contributed by atoms with van der Waals surface area (Å²) in [5, 5.41) is 3.36. The van der Waals surface area contributed by atoms with Gasteiger partial charge in [-0.25, -0.2) is 9.97 Å². The van der Waals surface area contributed by atoms with E-state index in [1.807, 2.05) is 0 Å². The molecule has 1 aromatic rings. The molecule has 2 unspecified atom stereocenters. The summed E-state index contributed by atoms with van der Waals surface area (Å²) in [6.45, 7) is 8.80. The zero-order chi connectivity index (χ0) is 14.1. The van der Waals surface area contributed by atoms with Crippen LogP contribution in [0.15, 0.2) is 6.07 Å². The number of hydrogen-bond acceptors (Lipinski definition) is 4. The average molecular weight is 274 g/mol. The standard InChI is InChI=1S/C16H26N4/c1-4-17-14-9-15(19-16(18-14)13-7-8-13)20-10-11(2)5-6-12(20)3/h9,11-13H,4-8,10H2,1-3H3,(H,17,18,19). The molecule has 1 aliphatic carbocycles. The third-order valence-electron chi connectivity index (χ3n) is 4.44. The van der Waals surface area contributed by atoms with Gasteiger partial charge in [-0.2, -0.15) is 0 Å². The Kier molecular flexibility index (Phi) is 3.81. The monoisotopic (exact) mass is 274 g/mol. The molecule has 1 saturated heterocycles. The molecule has 110 valence electrons. The lowest BCUT2D eigenvalue weighted by Crippen LogP contribution is -2.41. The van der Waals surface area contributed by atoms with Crippen LogP contribution in [0.2, 0.25) is 0 Å². The van der Waals surface area contributed by atoms with E-state index in [-0.39, 0.29) is 0 Å². The van der Waals surface area contributed by atoms with Gasteiger partial charge in [0.05, 0.1) is 0 Å². The van der Waals surface area contributed by atoms with Crippen molar-refractivity contribution in [1.29, 1.82) is 0 Å². The predicted octanol–water partition coefficient (Wildman–Crippen LogP) is 3.41. The maximum Gasteiger partial charge on any atom is 0.136 e. The first kappa shape index (κ1) is 13.7. The summed E-state index contributed by atoms with van der Waals surface area (Å²) in [6, 6.07) is 2.71. The first-order valence-electron chi connectivity index (χ1n) is 8.07. The number of nitrogens with one attached hydrogen (secondary N) is 1. The summed E-state index contributed by atoms with van der Waals surface area (Å²) in [7, 11) is 0. The van der Waals surface area contributed by atoms with E-state index < -0.39 is 0 Å². The molecule has 2 atom stereocenters. The van der Waals surface area contributed by atoms with Crippen molar-refractivity contribution in [2.45, 2.75) is 58.4 Å². The zero-order valence-corrected chi connectivity index (χ0v) is 12.9. The van der Waals surface area contributed by atoms with Crippen LogP contribution in [-0.4, -0.2) is 29.1 Å². The second-order valence-corrected chi connectivity index (χ2v) is 6.46. The Labute approximate surface area is 122 Å². The van der Waals surface area contributed by atoms with Gasteiger partial charge in [0.25, 0.3) is 0 Å². The van der Waals surface area contributed by atoms with Gasteiger partial charge < -0.3 is 10.2 Å². The molecule has 2 fully saturated rings. The second kappa shape index (κ2) is 5.58. The lowest BCUT2D eigenvalue weighted by atomic mass is 9.95. The molecule has 0 amide bonds. The number of anilines is 2. The van der Waals surface area contributed by atoms with Gasteiger partial charge in [0.2, 0.25) is 0 Å². The Morgan fingerprint density at radius 2 is 2.00 bits per heavy atom. The summed E-state index contributed by atoms with van der Waals surface area (Å²) in [5.74, 6) is 4.52. The topological polar surface area (TPSA) is 41.0 Å². The molecular formula is C16H26N4. The molecule has 4 nitrogen and oxygen atoms in total. The van der Waals surface area contributed by atoms with Crippen LogP contribution in [0.5, 0.6) is 0 Å². The van der Waals surface area contributed by atoms with E-state index in [0.29, 0.717) is 12.0 Å². The van der Waals surface area contributed by atoms with Crippen molar-refractivity contribution in [3.8, 4) is 0 Å². The third kappa shape index (κ3) is 2.89. The minimum atomic E-state index is 0.586. The van der Waals surface area contributed by atoms with Crippen molar-refractivity contribution < 1.29 is 0 Å². The van der Waals surface area contributed by atoms with Crippen LogP contribution in [0, 0.1) is 5.92 Å². The van der Waals surface area contributed by atoms with Crippen molar-refractivity contribution in [3.05, 3.63) is 11.9 Å². The second-order valence-electron chi connectivity index (χ2n) is 6.46. The average Bonchev–Trinajstić information content (AvgIpc) is 3.26. The molecule has 2 heterocycles. The Hall–Kier alpha value is -1.32. The summed E-state index contributed by atoms with van der Waals surface area (Å²) < 4.78 is 0. The fraction of sp³-hybridized carbons (Fsp3) is 0.750. The number of hydrogen-bond donors (Lipinski definition) is 1. The van der Waals surface area contributed by atoms with E-state index in [2.05, 4.69) is 42.0 Å². The van der Waals surface area contributed by atoms with Crippen LogP contribution < -0.4 is 10.2 Å². The van der Waals surface area contributed by atoms with Gasteiger partial charge in [0, 0.05) is 31.1 Å². The molecule has 1 aromatic heterocycles. The minimum absolute atomic E-state index is 0.586. The summed E-state index contributed by atoms with van der Waals surface area (Å²) >= 11 is 0. The van der Waals surface area contributed by atoms with Crippen molar-refractivity contribution >= 4 is 11.6 Å². The van der Waals surface area contributed by atoms with E-state index in [4.69, 9.17) is 4.98 Å². The fourth-order valence-electron chi connectivity index (χ4n) is 3.00. The molecule has 1 N–H and O–H groups in total. The zero-order valence-electron chi connectivity index (χ0n) is 12.9. The number of aromatic nitrogens is 2. The van der Waals surface area contributed by atoms with Crippen LogP contribution in [0.4, 0.5) is 11.6 Å². The lowest BCUT2D eigenvalue weighted by Gasteiger charge is -2.38. The molecule has 3 rings (SSSR count). The normalized spacial score (nSPS) is 26.6. The molecule has 0 radical (unpaired) electrons. The van der Waals surface area contributed by atoms with Crippen molar-refractivity contribution in [2.75, 3.05) is 23.3 Å². The van der Waals surface area contributed by atoms with Gasteiger partial charge >= 0.3 is 0 Å². The summed E-state index contributed by atoms with van der Waals surface area (Å²) in [5.41, 5.74) is 0. The van der Waals surface area contributed by atoms with Crippen LogP contribution in [-0.2, 0) is 0 Å². The molecule has 1 aliphatic heterocycles. The van der Waals surface area contributed by atoms with E-state index in [1.54, 1.807) is 0 Å². The SMILES string of the molecule is CCNc1cc(N2CC(C)CCC2C)nc(C2CC2)n1. The van der Waals surface area contributed by atoms with Gasteiger partial charge in [-0.1, -0.05) is 6.92 Å². The third-order valence-corrected chi connectivity index (χ3v) is 4.44. The van der Waals surface area contributed by atoms with E-state index >= 15 is 0 Å². The number of piperidine rings is 1. The fourth-order valence-corrected chi connectivity index (χ4v) is 3.00. The highest BCUT2D eigenvalue weighted by atomic mass is 15.2. The minimum Gasteiger partial charge on any atom is -0.370 e. The van der Waals surface area contributed by atoms with E-state index in [9.17, 15) is 0 Å². The maximum atomic E-state index is 4.86. The maximum absolute atomic E-state index is 4.86. The number of rotatable bonds is 4. The van der Waals surface area contributed by atoms with Crippen molar-refractivity contribution in [3.63, 3.8) is 0 Å². The number of nitrogens with zero attached hydrogens (tertiary/aromatic N) is 3. The largest absolute Gasteiger partial charge is 0.370 e. The summed E-state index contributed by atoms with van der Waals surface area (Å²) in [6.07, 6.45) is 5.10. The van der Waals surface area contributed by atoms with Crippen LogP contribution in [0.25, 0.3) is 0 Å². The van der Waals surface area contributed by atoms with Crippen molar-refractivity contribution in [2.24, 2.45) is 5.92 Å². The van der Waals surface area contributed by atoms with Gasteiger partial charge in [0.15, 0.2) is 0 Å². The smallest absolute Gasteiger partial charge is 0.136 e. The van der Waals surface area contributed by atoms with Gasteiger partial charge in [-0.3, -0.25) is 0 Å². The Bertz CT molecular complexity index is 470. The van der Waals surface area contributed by atoms with E-state index in [0.717, 1.165) is 36.5 Å². The Morgan fingerprint density at radius 1 is 1.20 bits per heavy atom. The highest BCUT2D eigenvalue weighted by Gasteiger charge is 2.30. The molecule has 20 heavy (non-hydrogen) atoms. The molecular weight excluding hydrogens is 248 g/mol. The first-order valence-corrected chi connectivity index (χ1v) is 8.07. The predicted molar refractivity (Wildman–Crippen MR) is 83.4 cm³/mol. The molecule has 2 aliphatic rings. The molecule has 0 spiro atoms. The highest BCUT2D eigenvalue weighted by Crippen LogP contribution is 2.39. The van der Waals surface area contributed by atoms with Gasteiger partial charge in [-0.05, 0) is 45.4 Å². The Balaban J connectivity index is 1.90. The van der Waals surface area contributed by atoms with E-state index in [1.165, 1.54) is 25.7 Å². The molecule has 0 bridgehead atoms. The van der Waals surface area contributed by atoms with Crippen molar-refractivity contribution in [1.82, 2.24) is 9.97 Å². The van der Waals surface area contributed by atoms with Crippen LogP contribution in [0.1, 0.15) is 58.2 Å².